The first-order valence-electron chi connectivity index (χ1n) is 20.8. The molecule has 54 heavy (non-hydrogen) atoms. The van der Waals surface area contributed by atoms with Crippen molar-refractivity contribution in [1.29, 1.82) is 0 Å². The summed E-state index contributed by atoms with van der Waals surface area (Å²) in [5.41, 5.74) is 2.27. The lowest BCUT2D eigenvalue weighted by molar-refractivity contribution is -0.154. The highest BCUT2D eigenvalue weighted by Gasteiger charge is 2.56. The molecule has 7 heteroatoms. The number of rotatable bonds is 12. The topological polar surface area (TPSA) is 84.2 Å². The zero-order valence-corrected chi connectivity index (χ0v) is 33.7. The van der Waals surface area contributed by atoms with Gasteiger partial charge in [0.05, 0.1) is 12.5 Å². The molecule has 0 N–H and O–H groups in total. The largest absolute Gasteiger partial charge is 0.497 e. The Hall–Kier alpha value is -3.74. The van der Waals surface area contributed by atoms with Crippen molar-refractivity contribution < 1.29 is 28.2 Å². The zero-order valence-electron chi connectivity index (χ0n) is 33.7. The number of ether oxygens (including phenoxy) is 4. The van der Waals surface area contributed by atoms with E-state index in [4.69, 9.17) is 23.4 Å². The number of allylic oxidation sites excluding steroid dienone is 1. The van der Waals surface area contributed by atoms with E-state index >= 15 is 0 Å². The predicted molar refractivity (Wildman–Crippen MR) is 213 cm³/mol. The third kappa shape index (κ3) is 7.84. The van der Waals surface area contributed by atoms with Crippen LogP contribution >= 0.6 is 0 Å². The summed E-state index contributed by atoms with van der Waals surface area (Å²) in [6.45, 7) is 13.9. The van der Waals surface area contributed by atoms with Crippen LogP contribution in [0, 0.1) is 53.3 Å². The number of esters is 1. The third-order valence-corrected chi connectivity index (χ3v) is 14.3. The number of carbonyl (C=O) groups excluding carboxylic acids is 1. The van der Waals surface area contributed by atoms with Gasteiger partial charge in [0.15, 0.2) is 6.61 Å². The minimum atomic E-state index is -0.374. The monoisotopic (exact) mass is 738 g/mol. The van der Waals surface area contributed by atoms with E-state index in [9.17, 15) is 9.59 Å². The van der Waals surface area contributed by atoms with Crippen LogP contribution in [0.25, 0.3) is 11.0 Å². The van der Waals surface area contributed by atoms with Crippen LogP contribution < -0.4 is 19.6 Å². The van der Waals surface area contributed by atoms with Gasteiger partial charge >= 0.3 is 5.97 Å². The molecule has 6 unspecified atom stereocenters. The van der Waals surface area contributed by atoms with Crippen LogP contribution in [0.5, 0.6) is 23.0 Å². The van der Waals surface area contributed by atoms with Gasteiger partial charge in [-0.3, -0.25) is 4.79 Å². The van der Waals surface area contributed by atoms with E-state index in [0.717, 1.165) is 54.8 Å². The van der Waals surface area contributed by atoms with Crippen molar-refractivity contribution >= 4 is 16.9 Å². The van der Waals surface area contributed by atoms with Gasteiger partial charge in [-0.1, -0.05) is 71.6 Å². The van der Waals surface area contributed by atoms with Gasteiger partial charge in [-0.25, -0.2) is 4.79 Å². The second kappa shape index (κ2) is 15.8. The summed E-state index contributed by atoms with van der Waals surface area (Å²) in [5, 5.41) is 0.360. The second-order valence-electron chi connectivity index (χ2n) is 18.2. The molecule has 7 nitrogen and oxygen atoms in total. The van der Waals surface area contributed by atoms with Crippen molar-refractivity contribution in [2.75, 3.05) is 13.7 Å². The highest BCUT2D eigenvalue weighted by Crippen LogP contribution is 2.65. The molecule has 0 radical (unpaired) electrons. The number of carbonyl (C=O) groups is 1. The molecular formula is C47H62O7. The van der Waals surface area contributed by atoms with Crippen LogP contribution in [-0.4, -0.2) is 25.8 Å². The fraction of sp³-hybridized carbons (Fsp3) is 0.617. The predicted octanol–water partition coefficient (Wildman–Crippen LogP) is 11.6. The van der Waals surface area contributed by atoms with Crippen molar-refractivity contribution in [1.82, 2.24) is 0 Å². The van der Waals surface area contributed by atoms with E-state index in [-0.39, 0.29) is 35.3 Å². The summed E-state index contributed by atoms with van der Waals surface area (Å²) in [6.07, 6.45) is 17.5. The minimum Gasteiger partial charge on any atom is -0.497 e. The van der Waals surface area contributed by atoms with Gasteiger partial charge in [-0.2, -0.15) is 0 Å². The SMILES string of the molecule is COc1cccc(Oc2c(C)oc3cc(OCC(=O)OC4CC[C@@]5(C)C(=CCC6C7CCC(C(C)CCCC(C)C)C[C@@]7(C)CCC65)C4)ccc3c2=O)c1. The van der Waals surface area contributed by atoms with Gasteiger partial charge in [-0.15, -0.1) is 0 Å². The lowest BCUT2D eigenvalue weighted by Crippen LogP contribution is -2.52. The van der Waals surface area contributed by atoms with Crippen molar-refractivity contribution in [3.8, 4) is 23.0 Å². The van der Waals surface area contributed by atoms with Crippen LogP contribution in [0.4, 0.5) is 0 Å². The number of fused-ring (bicyclic) bond motifs is 6. The van der Waals surface area contributed by atoms with Gasteiger partial charge in [0.25, 0.3) is 0 Å². The molecule has 0 amide bonds. The van der Waals surface area contributed by atoms with Crippen LogP contribution in [0.3, 0.4) is 0 Å². The maximum absolute atomic E-state index is 13.3. The Kier molecular flexibility index (Phi) is 11.3. The second-order valence-corrected chi connectivity index (χ2v) is 18.2. The maximum Gasteiger partial charge on any atom is 0.344 e. The highest BCUT2D eigenvalue weighted by molar-refractivity contribution is 5.80. The smallest absolute Gasteiger partial charge is 0.344 e. The number of aryl methyl sites for hydroxylation is 1. The summed E-state index contributed by atoms with van der Waals surface area (Å²) in [6, 6.07) is 12.0. The molecule has 1 heterocycles. The van der Waals surface area contributed by atoms with Crippen LogP contribution in [-0.2, 0) is 9.53 Å². The minimum absolute atomic E-state index is 0.113. The van der Waals surface area contributed by atoms with Crippen LogP contribution in [0.15, 0.2) is 63.3 Å². The molecule has 8 atom stereocenters. The number of hydrogen-bond acceptors (Lipinski definition) is 7. The molecule has 0 spiro atoms. The standard InChI is InChI=1S/C47H62O7/c1-29(2)10-8-11-30(3)32-14-19-40-38-17-15-33-24-37(20-23-47(33,6)41(38)21-22-46(40,5)27-32)53-43(48)28-51-35-16-18-39-42(26-35)52-31(4)45(44(39)49)54-36-13-9-12-34(25-36)50-7/h9,12-13,15-16,18,25-26,29-30,32,37-38,40-41H,8,10-11,14,17,19-24,27-28H2,1-7H3/t30?,32?,37?,38?,40?,41?,46-,47+/m1/s1. The maximum atomic E-state index is 13.3. The normalized spacial score (nSPS) is 29.7. The molecule has 7 rings (SSSR count). The Morgan fingerprint density at radius 2 is 1.76 bits per heavy atom. The Balaban J connectivity index is 0.933. The number of methoxy groups -OCH3 is 1. The summed E-state index contributed by atoms with van der Waals surface area (Å²) in [4.78, 5) is 26.4. The lowest BCUT2D eigenvalue weighted by atomic mass is 9.44. The summed E-state index contributed by atoms with van der Waals surface area (Å²) in [5.74, 6) is 6.50. The summed E-state index contributed by atoms with van der Waals surface area (Å²) in [7, 11) is 1.58. The molecule has 2 aromatic carbocycles. The quantitative estimate of drug-likeness (QED) is 0.135. The fourth-order valence-electron chi connectivity index (χ4n) is 11.2. The fourth-order valence-corrected chi connectivity index (χ4v) is 11.2. The zero-order chi connectivity index (χ0) is 38.2. The van der Waals surface area contributed by atoms with Gasteiger partial charge in [-0.05, 0) is 129 Å². The Morgan fingerprint density at radius 1 is 0.944 bits per heavy atom. The number of hydrogen-bond donors (Lipinski definition) is 0. The molecule has 0 saturated heterocycles. The van der Waals surface area contributed by atoms with Gasteiger partial charge in [0.1, 0.15) is 34.7 Å². The van der Waals surface area contributed by atoms with Crippen molar-refractivity contribution in [2.24, 2.45) is 46.3 Å². The van der Waals surface area contributed by atoms with E-state index < -0.39 is 0 Å². The first-order chi connectivity index (χ1) is 25.9. The Bertz CT molecular complexity index is 1910. The number of benzene rings is 2. The van der Waals surface area contributed by atoms with Gasteiger partial charge in [0.2, 0.25) is 11.2 Å². The summed E-state index contributed by atoms with van der Waals surface area (Å²) >= 11 is 0. The molecule has 3 saturated carbocycles. The van der Waals surface area contributed by atoms with Crippen molar-refractivity contribution in [3.63, 3.8) is 0 Å². The molecule has 4 aliphatic carbocycles. The summed E-state index contributed by atoms with van der Waals surface area (Å²) < 4.78 is 29.0. The molecule has 292 valence electrons. The first kappa shape index (κ1) is 38.5. The average molecular weight is 739 g/mol. The Morgan fingerprint density at radius 3 is 2.56 bits per heavy atom. The lowest BCUT2D eigenvalue weighted by Gasteiger charge is -2.61. The molecule has 0 bridgehead atoms. The van der Waals surface area contributed by atoms with E-state index in [0.29, 0.717) is 39.4 Å². The molecule has 3 aromatic rings. The highest BCUT2D eigenvalue weighted by atomic mass is 16.6. The first-order valence-corrected chi connectivity index (χ1v) is 20.8. The van der Waals surface area contributed by atoms with Crippen molar-refractivity contribution in [3.05, 3.63) is 70.1 Å². The van der Waals surface area contributed by atoms with Crippen LogP contribution in [0.1, 0.15) is 117 Å². The van der Waals surface area contributed by atoms with Gasteiger partial charge < -0.3 is 23.4 Å². The van der Waals surface area contributed by atoms with Crippen LogP contribution in [0.2, 0.25) is 0 Å². The molecule has 0 aliphatic heterocycles. The molecule has 1 aromatic heterocycles. The molecular weight excluding hydrogens is 677 g/mol. The van der Waals surface area contributed by atoms with E-state index in [1.165, 1.54) is 63.4 Å². The third-order valence-electron chi connectivity index (χ3n) is 14.3. The van der Waals surface area contributed by atoms with E-state index in [2.05, 4.69) is 40.7 Å². The van der Waals surface area contributed by atoms with Crippen molar-refractivity contribution in [2.45, 2.75) is 125 Å². The van der Waals surface area contributed by atoms with E-state index in [1.807, 2.05) is 0 Å². The van der Waals surface area contributed by atoms with Gasteiger partial charge in [0, 0.05) is 18.6 Å². The van der Waals surface area contributed by atoms with E-state index in [1.54, 1.807) is 56.5 Å². The molecule has 3 fully saturated rings. The Labute approximate surface area is 322 Å². The molecule has 4 aliphatic rings. The average Bonchev–Trinajstić information content (AvgIpc) is 3.15.